The van der Waals surface area contributed by atoms with Gasteiger partial charge in [-0.3, -0.25) is 0 Å². The zero-order chi connectivity index (χ0) is 16.2. The van der Waals surface area contributed by atoms with Crippen molar-refractivity contribution in [1.82, 2.24) is 9.97 Å². The van der Waals surface area contributed by atoms with E-state index < -0.39 is 0 Å². The molecular formula is C20H27N3. The first kappa shape index (κ1) is 16.0. The number of aromatic nitrogens is 2. The Hall–Kier alpha value is -1.90. The van der Waals surface area contributed by atoms with Crippen LogP contribution in [0.4, 0.5) is 5.82 Å². The van der Waals surface area contributed by atoms with Crippen LogP contribution in [0, 0.1) is 6.92 Å². The summed E-state index contributed by atoms with van der Waals surface area (Å²) in [5.74, 6) is 2.07. The largest absolute Gasteiger partial charge is 0.356 e. The minimum absolute atomic E-state index is 0.887. The van der Waals surface area contributed by atoms with Gasteiger partial charge in [0.2, 0.25) is 0 Å². The number of benzene rings is 1. The summed E-state index contributed by atoms with van der Waals surface area (Å²) in [6.07, 6.45) is 5.73. The number of aryl methyl sites for hydroxylation is 2. The highest BCUT2D eigenvalue weighted by atomic mass is 15.2. The second-order valence-electron chi connectivity index (χ2n) is 6.50. The quantitative estimate of drug-likeness (QED) is 0.783. The van der Waals surface area contributed by atoms with E-state index in [0.29, 0.717) is 0 Å². The second kappa shape index (κ2) is 7.12. The van der Waals surface area contributed by atoms with Gasteiger partial charge in [-0.15, -0.1) is 0 Å². The first-order valence-electron chi connectivity index (χ1n) is 8.94. The van der Waals surface area contributed by atoms with Crippen LogP contribution < -0.4 is 4.90 Å². The van der Waals surface area contributed by atoms with E-state index in [4.69, 9.17) is 9.97 Å². The zero-order valence-corrected chi connectivity index (χ0v) is 14.6. The SMILES string of the molecule is CCCN(CCC)c1nc(-c2ccc(C)cc2)nc2c1CCC2. The summed E-state index contributed by atoms with van der Waals surface area (Å²) in [6, 6.07) is 8.56. The molecule has 0 atom stereocenters. The third-order valence-electron chi connectivity index (χ3n) is 4.51. The van der Waals surface area contributed by atoms with Gasteiger partial charge < -0.3 is 4.90 Å². The second-order valence-corrected chi connectivity index (χ2v) is 6.50. The molecule has 23 heavy (non-hydrogen) atoms. The van der Waals surface area contributed by atoms with Gasteiger partial charge in [0, 0.05) is 29.9 Å². The van der Waals surface area contributed by atoms with Crippen molar-refractivity contribution in [3.05, 3.63) is 41.1 Å². The fraction of sp³-hybridized carbons (Fsp3) is 0.500. The summed E-state index contributed by atoms with van der Waals surface area (Å²) in [7, 11) is 0. The van der Waals surface area contributed by atoms with Gasteiger partial charge in [0.25, 0.3) is 0 Å². The van der Waals surface area contributed by atoms with E-state index >= 15 is 0 Å². The Morgan fingerprint density at radius 3 is 2.30 bits per heavy atom. The smallest absolute Gasteiger partial charge is 0.161 e. The summed E-state index contributed by atoms with van der Waals surface area (Å²) < 4.78 is 0. The Bertz CT molecular complexity index is 655. The zero-order valence-electron chi connectivity index (χ0n) is 14.6. The number of nitrogens with zero attached hydrogens (tertiary/aromatic N) is 3. The summed E-state index contributed by atoms with van der Waals surface area (Å²) in [4.78, 5) is 12.3. The van der Waals surface area contributed by atoms with Crippen LogP contribution in [0.1, 0.15) is 49.9 Å². The molecule has 3 nitrogen and oxygen atoms in total. The highest BCUT2D eigenvalue weighted by Gasteiger charge is 2.22. The molecule has 0 amide bonds. The average molecular weight is 309 g/mol. The van der Waals surface area contributed by atoms with Crippen molar-refractivity contribution >= 4 is 5.82 Å². The van der Waals surface area contributed by atoms with Crippen LogP contribution in [0.15, 0.2) is 24.3 Å². The van der Waals surface area contributed by atoms with Crippen LogP contribution in [0.2, 0.25) is 0 Å². The molecule has 1 aliphatic rings. The molecule has 0 saturated carbocycles. The minimum atomic E-state index is 0.887. The minimum Gasteiger partial charge on any atom is -0.356 e. The molecule has 3 rings (SSSR count). The van der Waals surface area contributed by atoms with Crippen LogP contribution in [0.5, 0.6) is 0 Å². The monoisotopic (exact) mass is 309 g/mol. The van der Waals surface area contributed by atoms with Gasteiger partial charge in [0.15, 0.2) is 5.82 Å². The molecule has 1 aromatic heterocycles. The Kier molecular flexibility index (Phi) is 4.94. The summed E-state index contributed by atoms with van der Waals surface area (Å²) >= 11 is 0. The molecule has 1 aromatic carbocycles. The van der Waals surface area contributed by atoms with Gasteiger partial charge in [-0.2, -0.15) is 0 Å². The summed E-state index contributed by atoms with van der Waals surface area (Å²) in [5, 5.41) is 0. The Morgan fingerprint density at radius 2 is 1.65 bits per heavy atom. The predicted octanol–water partition coefficient (Wildman–Crippen LogP) is 4.57. The Balaban J connectivity index is 2.05. The maximum absolute atomic E-state index is 5.00. The van der Waals surface area contributed by atoms with Crippen molar-refractivity contribution in [1.29, 1.82) is 0 Å². The molecule has 122 valence electrons. The maximum atomic E-state index is 5.00. The molecule has 0 spiro atoms. The number of anilines is 1. The number of fused-ring (bicyclic) bond motifs is 1. The fourth-order valence-corrected chi connectivity index (χ4v) is 3.37. The number of rotatable bonds is 6. The number of hydrogen-bond donors (Lipinski definition) is 0. The van der Waals surface area contributed by atoms with E-state index in [2.05, 4.69) is 49.9 Å². The highest BCUT2D eigenvalue weighted by Crippen LogP contribution is 2.31. The molecule has 0 unspecified atom stereocenters. The van der Waals surface area contributed by atoms with Gasteiger partial charge in [-0.1, -0.05) is 43.7 Å². The van der Waals surface area contributed by atoms with Gasteiger partial charge in [0.05, 0.1) is 0 Å². The van der Waals surface area contributed by atoms with Crippen LogP contribution in [0.3, 0.4) is 0 Å². The lowest BCUT2D eigenvalue weighted by molar-refractivity contribution is 0.728. The van der Waals surface area contributed by atoms with Crippen LogP contribution in [-0.4, -0.2) is 23.1 Å². The maximum Gasteiger partial charge on any atom is 0.161 e. The third-order valence-corrected chi connectivity index (χ3v) is 4.51. The van der Waals surface area contributed by atoms with E-state index in [9.17, 15) is 0 Å². The molecule has 0 saturated heterocycles. The fourth-order valence-electron chi connectivity index (χ4n) is 3.37. The van der Waals surface area contributed by atoms with Gasteiger partial charge >= 0.3 is 0 Å². The lowest BCUT2D eigenvalue weighted by atomic mass is 10.1. The molecule has 0 fully saturated rings. The molecule has 0 radical (unpaired) electrons. The van der Waals surface area contributed by atoms with Crippen LogP contribution in [0.25, 0.3) is 11.4 Å². The Morgan fingerprint density at radius 1 is 0.957 bits per heavy atom. The van der Waals surface area contributed by atoms with Crippen molar-refractivity contribution < 1.29 is 0 Å². The van der Waals surface area contributed by atoms with Crippen molar-refractivity contribution in [2.24, 2.45) is 0 Å². The van der Waals surface area contributed by atoms with Gasteiger partial charge in [-0.25, -0.2) is 9.97 Å². The van der Waals surface area contributed by atoms with Crippen molar-refractivity contribution in [2.45, 2.75) is 52.9 Å². The van der Waals surface area contributed by atoms with Gasteiger partial charge in [0.1, 0.15) is 5.82 Å². The Labute approximate surface area is 139 Å². The van der Waals surface area contributed by atoms with E-state index in [-0.39, 0.29) is 0 Å². The predicted molar refractivity (Wildman–Crippen MR) is 97.0 cm³/mol. The van der Waals surface area contributed by atoms with Crippen molar-refractivity contribution in [3.63, 3.8) is 0 Å². The molecule has 0 N–H and O–H groups in total. The van der Waals surface area contributed by atoms with Crippen LogP contribution in [-0.2, 0) is 12.8 Å². The lowest BCUT2D eigenvalue weighted by Crippen LogP contribution is -2.27. The molecule has 1 aliphatic carbocycles. The average Bonchev–Trinajstić information content (AvgIpc) is 3.03. The topological polar surface area (TPSA) is 29.0 Å². The molecule has 0 bridgehead atoms. The highest BCUT2D eigenvalue weighted by molar-refractivity contribution is 5.61. The molecule has 3 heteroatoms. The lowest BCUT2D eigenvalue weighted by Gasteiger charge is -2.25. The molecule has 0 aliphatic heterocycles. The first-order chi connectivity index (χ1) is 11.2. The van der Waals surface area contributed by atoms with Crippen molar-refractivity contribution in [2.75, 3.05) is 18.0 Å². The summed E-state index contributed by atoms with van der Waals surface area (Å²) in [5.41, 5.74) is 5.05. The van der Waals surface area contributed by atoms with Gasteiger partial charge in [-0.05, 0) is 39.0 Å². The standard InChI is InChI=1S/C20H27N3/c1-4-13-23(14-5-2)20-17-7-6-8-18(17)21-19(22-20)16-11-9-15(3)10-12-16/h9-12H,4-8,13-14H2,1-3H3. The van der Waals surface area contributed by atoms with Crippen molar-refractivity contribution in [3.8, 4) is 11.4 Å². The van der Waals surface area contributed by atoms with E-state index in [1.807, 2.05) is 0 Å². The molecular weight excluding hydrogens is 282 g/mol. The van der Waals surface area contributed by atoms with E-state index in [1.54, 1.807) is 0 Å². The molecule has 1 heterocycles. The van der Waals surface area contributed by atoms with E-state index in [1.165, 1.54) is 29.1 Å². The van der Waals surface area contributed by atoms with E-state index in [0.717, 1.165) is 50.2 Å². The normalized spacial score (nSPS) is 13.2. The first-order valence-corrected chi connectivity index (χ1v) is 8.94. The van der Waals surface area contributed by atoms with Crippen LogP contribution >= 0.6 is 0 Å². The molecule has 2 aromatic rings. The third kappa shape index (κ3) is 3.39. The number of hydrogen-bond acceptors (Lipinski definition) is 3. The summed E-state index contributed by atoms with van der Waals surface area (Å²) in [6.45, 7) is 8.74.